The Bertz CT molecular complexity index is 267. The van der Waals surface area contributed by atoms with E-state index in [4.69, 9.17) is 4.74 Å². The van der Waals surface area contributed by atoms with E-state index in [1.54, 1.807) is 0 Å². The van der Waals surface area contributed by atoms with Crippen molar-refractivity contribution in [1.82, 2.24) is 0 Å². The van der Waals surface area contributed by atoms with E-state index in [1.165, 1.54) is 69.8 Å². The first-order chi connectivity index (χ1) is 9.29. The molecule has 0 aromatic rings. The predicted octanol–water partition coefficient (Wildman–Crippen LogP) is 5.81. The number of hydrogen-bond donors (Lipinski definition) is 0. The second kappa shape index (κ2) is 10.3. The molecule has 1 heteroatoms. The van der Waals surface area contributed by atoms with E-state index in [0.29, 0.717) is 12.2 Å². The van der Waals surface area contributed by atoms with Gasteiger partial charge in [0.1, 0.15) is 6.10 Å². The van der Waals surface area contributed by atoms with Crippen molar-refractivity contribution >= 4 is 0 Å². The fraction of sp³-hybridized carbons (Fsp3) is 0.778. The average molecular weight is 264 g/mol. The third-order valence-corrected chi connectivity index (χ3v) is 3.85. The minimum absolute atomic E-state index is 0.327. The summed E-state index contributed by atoms with van der Waals surface area (Å²) in [6, 6.07) is 0. The van der Waals surface area contributed by atoms with E-state index in [2.05, 4.69) is 32.6 Å². The van der Waals surface area contributed by atoms with Gasteiger partial charge in [-0.15, -0.1) is 0 Å². The van der Waals surface area contributed by atoms with Gasteiger partial charge in [-0.2, -0.15) is 0 Å². The molecule has 1 heterocycles. The molecule has 1 nitrogen and oxygen atoms in total. The molecule has 1 rings (SSSR count). The summed E-state index contributed by atoms with van der Waals surface area (Å²) in [4.78, 5) is 0. The highest BCUT2D eigenvalue weighted by molar-refractivity contribution is 5.25. The average Bonchev–Trinajstić information content (AvgIpc) is 3.18. The van der Waals surface area contributed by atoms with E-state index in [0.717, 1.165) is 0 Å². The Morgan fingerprint density at radius 1 is 1.00 bits per heavy atom. The van der Waals surface area contributed by atoms with Crippen molar-refractivity contribution in [2.75, 3.05) is 0 Å². The number of epoxide rings is 1. The van der Waals surface area contributed by atoms with Gasteiger partial charge in [0.25, 0.3) is 0 Å². The van der Waals surface area contributed by atoms with Crippen LogP contribution in [0.2, 0.25) is 0 Å². The van der Waals surface area contributed by atoms with Gasteiger partial charge in [0, 0.05) is 0 Å². The third-order valence-electron chi connectivity index (χ3n) is 3.85. The van der Waals surface area contributed by atoms with Crippen molar-refractivity contribution in [3.63, 3.8) is 0 Å². The van der Waals surface area contributed by atoms with Gasteiger partial charge in [0.2, 0.25) is 0 Å². The lowest BCUT2D eigenvalue weighted by molar-refractivity contribution is 0.370. The van der Waals surface area contributed by atoms with E-state index >= 15 is 0 Å². The normalized spacial score (nSPS) is 22.0. The molecule has 0 aromatic carbocycles. The highest BCUT2D eigenvalue weighted by Crippen LogP contribution is 2.33. The molecule has 1 saturated heterocycles. The maximum Gasteiger partial charge on any atom is 0.109 e. The smallest absolute Gasteiger partial charge is 0.109 e. The summed E-state index contributed by atoms with van der Waals surface area (Å²) < 4.78 is 5.71. The molecule has 1 aliphatic rings. The minimum atomic E-state index is 0.327. The molecular formula is C18H32O. The first-order valence-corrected chi connectivity index (χ1v) is 8.30. The van der Waals surface area contributed by atoms with Gasteiger partial charge < -0.3 is 4.74 Å². The fourth-order valence-corrected chi connectivity index (χ4v) is 2.47. The topological polar surface area (TPSA) is 12.5 Å². The van der Waals surface area contributed by atoms with Gasteiger partial charge >= 0.3 is 0 Å². The Morgan fingerprint density at radius 2 is 1.68 bits per heavy atom. The molecule has 0 aromatic heterocycles. The van der Waals surface area contributed by atoms with Crippen molar-refractivity contribution in [3.05, 3.63) is 24.3 Å². The second-order valence-electron chi connectivity index (χ2n) is 5.77. The summed E-state index contributed by atoms with van der Waals surface area (Å²) in [5.74, 6) is 0. The predicted molar refractivity (Wildman–Crippen MR) is 84.5 cm³/mol. The second-order valence-corrected chi connectivity index (χ2v) is 5.77. The first-order valence-electron chi connectivity index (χ1n) is 8.30. The monoisotopic (exact) mass is 264 g/mol. The zero-order chi connectivity index (χ0) is 13.9. The summed E-state index contributed by atoms with van der Waals surface area (Å²) in [5, 5.41) is 0. The lowest BCUT2D eigenvalue weighted by Gasteiger charge is -1.99. The maximum absolute atomic E-state index is 5.71. The van der Waals surface area contributed by atoms with Gasteiger partial charge in [-0.25, -0.2) is 0 Å². The molecule has 0 spiro atoms. The van der Waals surface area contributed by atoms with Crippen LogP contribution in [0, 0.1) is 0 Å². The molecule has 0 saturated carbocycles. The maximum atomic E-state index is 5.71. The number of ether oxygens (including phenoxy) is 1. The lowest BCUT2D eigenvalue weighted by Crippen LogP contribution is -1.95. The molecule has 1 aliphatic heterocycles. The number of hydrogen-bond acceptors (Lipinski definition) is 1. The Labute approximate surface area is 120 Å². The van der Waals surface area contributed by atoms with Crippen LogP contribution in [0.1, 0.15) is 78.1 Å². The molecule has 0 N–H and O–H groups in total. The van der Waals surface area contributed by atoms with Crippen LogP contribution in [0.5, 0.6) is 0 Å². The van der Waals surface area contributed by atoms with Crippen molar-refractivity contribution in [3.8, 4) is 0 Å². The highest BCUT2D eigenvalue weighted by Gasteiger charge is 2.38. The van der Waals surface area contributed by atoms with Crippen molar-refractivity contribution in [1.29, 1.82) is 0 Å². The zero-order valence-electron chi connectivity index (χ0n) is 13.0. The Hall–Kier alpha value is -0.560. The molecule has 110 valence electrons. The number of allylic oxidation sites excluding steroid dienone is 1. The number of rotatable bonds is 12. The SMILES string of the molecule is C=C(/C=C/CCCC)[C@H]1O[C@@H]1CCCCCCCC. The summed E-state index contributed by atoms with van der Waals surface area (Å²) in [7, 11) is 0. The van der Waals surface area contributed by atoms with E-state index in [1.807, 2.05) is 0 Å². The van der Waals surface area contributed by atoms with Gasteiger partial charge in [-0.05, 0) is 18.4 Å². The van der Waals surface area contributed by atoms with Crippen LogP contribution >= 0.6 is 0 Å². The summed E-state index contributed by atoms with van der Waals surface area (Å²) in [6.45, 7) is 8.61. The fourth-order valence-electron chi connectivity index (χ4n) is 2.47. The van der Waals surface area contributed by atoms with E-state index in [9.17, 15) is 0 Å². The molecule has 0 unspecified atom stereocenters. The van der Waals surface area contributed by atoms with Crippen molar-refractivity contribution < 1.29 is 4.74 Å². The van der Waals surface area contributed by atoms with Crippen molar-refractivity contribution in [2.24, 2.45) is 0 Å². The largest absolute Gasteiger partial charge is 0.365 e. The van der Waals surface area contributed by atoms with Crippen LogP contribution in [0.25, 0.3) is 0 Å². The summed E-state index contributed by atoms with van der Waals surface area (Å²) in [5.41, 5.74) is 1.17. The van der Waals surface area contributed by atoms with Gasteiger partial charge in [0.05, 0.1) is 6.10 Å². The van der Waals surface area contributed by atoms with Crippen LogP contribution < -0.4 is 0 Å². The van der Waals surface area contributed by atoms with Crippen LogP contribution in [0.4, 0.5) is 0 Å². The summed E-state index contributed by atoms with van der Waals surface area (Å²) >= 11 is 0. The Balaban J connectivity index is 1.98. The van der Waals surface area contributed by atoms with Crippen LogP contribution in [-0.4, -0.2) is 12.2 Å². The number of unbranched alkanes of at least 4 members (excludes halogenated alkanes) is 7. The molecule has 19 heavy (non-hydrogen) atoms. The van der Waals surface area contributed by atoms with Gasteiger partial charge in [-0.3, -0.25) is 0 Å². The molecule has 2 atom stereocenters. The van der Waals surface area contributed by atoms with E-state index < -0.39 is 0 Å². The van der Waals surface area contributed by atoms with E-state index in [-0.39, 0.29) is 0 Å². The highest BCUT2D eigenvalue weighted by atomic mass is 16.6. The zero-order valence-corrected chi connectivity index (χ0v) is 13.0. The van der Waals surface area contributed by atoms with Gasteiger partial charge in [-0.1, -0.05) is 83.9 Å². The molecule has 0 bridgehead atoms. The van der Waals surface area contributed by atoms with Crippen LogP contribution in [0.15, 0.2) is 24.3 Å². The molecule has 0 radical (unpaired) electrons. The molecular weight excluding hydrogens is 232 g/mol. The quantitative estimate of drug-likeness (QED) is 0.246. The van der Waals surface area contributed by atoms with Crippen molar-refractivity contribution in [2.45, 2.75) is 90.3 Å². The molecule has 0 aliphatic carbocycles. The third kappa shape index (κ3) is 7.57. The standard InChI is InChI=1S/C18H32O/c1-4-6-8-10-11-13-15-17-18(19-17)16(3)14-12-9-7-5-2/h12,14,17-18H,3-11,13,15H2,1-2H3/b14-12+/t17-,18-/m1/s1. The Kier molecular flexibility index (Phi) is 8.90. The molecule has 1 fully saturated rings. The minimum Gasteiger partial charge on any atom is -0.365 e. The first kappa shape index (κ1) is 16.5. The Morgan fingerprint density at radius 3 is 2.42 bits per heavy atom. The molecule has 0 amide bonds. The van der Waals surface area contributed by atoms with Gasteiger partial charge in [0.15, 0.2) is 0 Å². The lowest BCUT2D eigenvalue weighted by atomic mass is 10.0. The summed E-state index contributed by atoms with van der Waals surface area (Å²) in [6.07, 6.45) is 18.3. The van der Waals surface area contributed by atoms with Crippen LogP contribution in [-0.2, 0) is 4.74 Å². The van der Waals surface area contributed by atoms with Crippen LogP contribution in [0.3, 0.4) is 0 Å².